The monoisotopic (exact) mass is 271 g/mol. The molecule has 2 N–H and O–H groups in total. The summed E-state index contributed by atoms with van der Waals surface area (Å²) in [5.41, 5.74) is 7.11. The molecule has 1 amide bonds. The van der Waals surface area contributed by atoms with Gasteiger partial charge in [0.15, 0.2) is 6.10 Å². The summed E-state index contributed by atoms with van der Waals surface area (Å²) in [5.74, 6) is 0.594. The van der Waals surface area contributed by atoms with E-state index in [0.717, 1.165) is 18.5 Å². The van der Waals surface area contributed by atoms with Crippen molar-refractivity contribution in [2.24, 2.45) is 5.41 Å². The molecule has 2 aliphatic rings. The first-order valence-corrected chi connectivity index (χ1v) is 6.79. The zero-order valence-electron chi connectivity index (χ0n) is 11.4. The number of nitrogens with two attached hydrogens (primary N) is 1. The van der Waals surface area contributed by atoms with Gasteiger partial charge in [-0.25, -0.2) is 0 Å². The minimum Gasteiger partial charge on any atom is -0.479 e. The highest BCUT2D eigenvalue weighted by atomic mass is 16.5. The van der Waals surface area contributed by atoms with Gasteiger partial charge in [0, 0.05) is 30.1 Å². The molecule has 0 spiro atoms. The minimum absolute atomic E-state index is 0.0277. The molecule has 1 atom stereocenters. The van der Waals surface area contributed by atoms with Crippen LogP contribution in [0, 0.1) is 16.7 Å². The molecule has 0 saturated heterocycles. The lowest BCUT2D eigenvalue weighted by Gasteiger charge is -2.35. The van der Waals surface area contributed by atoms with Gasteiger partial charge in [0.05, 0.1) is 11.8 Å². The highest BCUT2D eigenvalue weighted by Gasteiger charge is 2.46. The van der Waals surface area contributed by atoms with Gasteiger partial charge in [0.25, 0.3) is 5.91 Å². The third kappa shape index (κ3) is 2.07. The van der Waals surface area contributed by atoms with Gasteiger partial charge in [-0.05, 0) is 31.9 Å². The second-order valence-corrected chi connectivity index (χ2v) is 5.75. The number of carbonyl (C=O) groups excluding carboxylic acids is 1. The van der Waals surface area contributed by atoms with E-state index >= 15 is 0 Å². The molecule has 1 aromatic rings. The van der Waals surface area contributed by atoms with Crippen molar-refractivity contribution in [3.05, 3.63) is 18.2 Å². The summed E-state index contributed by atoms with van der Waals surface area (Å²) in [4.78, 5) is 14.1. The smallest absolute Gasteiger partial charge is 0.267 e. The fraction of sp³-hybridized carbons (Fsp3) is 0.467. The van der Waals surface area contributed by atoms with Crippen molar-refractivity contribution in [3.8, 4) is 11.8 Å². The van der Waals surface area contributed by atoms with Crippen molar-refractivity contribution in [1.29, 1.82) is 5.26 Å². The van der Waals surface area contributed by atoms with Crippen LogP contribution >= 0.6 is 0 Å². The maximum Gasteiger partial charge on any atom is 0.267 e. The van der Waals surface area contributed by atoms with Crippen molar-refractivity contribution in [1.82, 2.24) is 0 Å². The van der Waals surface area contributed by atoms with Crippen molar-refractivity contribution in [3.63, 3.8) is 0 Å². The average molecular weight is 271 g/mol. The topological polar surface area (TPSA) is 79.3 Å². The van der Waals surface area contributed by atoms with E-state index in [9.17, 15) is 4.79 Å². The Labute approximate surface area is 117 Å². The standard InChI is InChI=1S/C15H17N3O2/c1-10-14(19)18(9-15(4-5-15)6-7-16)12-3-2-11(17)8-13(12)20-10/h2-3,8,10H,4-6,9,17H2,1H3. The summed E-state index contributed by atoms with van der Waals surface area (Å²) in [5, 5.41) is 8.93. The van der Waals surface area contributed by atoms with Crippen molar-refractivity contribution in [2.75, 3.05) is 17.2 Å². The predicted molar refractivity (Wildman–Crippen MR) is 75.2 cm³/mol. The minimum atomic E-state index is -0.512. The zero-order valence-corrected chi connectivity index (χ0v) is 11.4. The first kappa shape index (κ1) is 12.8. The van der Waals surface area contributed by atoms with Crippen LogP contribution in [0.1, 0.15) is 26.2 Å². The van der Waals surface area contributed by atoms with Gasteiger partial charge in [0.2, 0.25) is 0 Å². The number of hydrogen-bond donors (Lipinski definition) is 1. The molecule has 1 aromatic carbocycles. The maximum absolute atomic E-state index is 12.4. The van der Waals surface area contributed by atoms with E-state index in [2.05, 4.69) is 6.07 Å². The molecule has 104 valence electrons. The summed E-state index contributed by atoms with van der Waals surface area (Å²) in [6, 6.07) is 7.56. The molecule has 5 heteroatoms. The zero-order chi connectivity index (χ0) is 14.3. The molecule has 1 saturated carbocycles. The number of amides is 1. The fourth-order valence-corrected chi connectivity index (χ4v) is 2.66. The molecule has 1 heterocycles. The largest absolute Gasteiger partial charge is 0.479 e. The highest BCUT2D eigenvalue weighted by Crippen LogP contribution is 2.50. The molecule has 5 nitrogen and oxygen atoms in total. The number of nitrogens with zero attached hydrogens (tertiary/aromatic N) is 2. The Kier molecular flexibility index (Phi) is 2.82. The van der Waals surface area contributed by atoms with E-state index < -0.39 is 6.10 Å². The molecular weight excluding hydrogens is 254 g/mol. The lowest BCUT2D eigenvalue weighted by molar-refractivity contribution is -0.125. The molecule has 1 aliphatic heterocycles. The third-order valence-electron chi connectivity index (χ3n) is 4.10. The molecule has 1 unspecified atom stereocenters. The highest BCUT2D eigenvalue weighted by molar-refractivity contribution is 6.00. The Balaban J connectivity index is 1.94. The number of nitriles is 1. The van der Waals surface area contributed by atoms with E-state index in [1.165, 1.54) is 0 Å². The van der Waals surface area contributed by atoms with Crippen LogP contribution < -0.4 is 15.4 Å². The molecule has 20 heavy (non-hydrogen) atoms. The fourth-order valence-electron chi connectivity index (χ4n) is 2.66. The van der Waals surface area contributed by atoms with Crippen LogP contribution in [0.3, 0.4) is 0 Å². The summed E-state index contributed by atoms with van der Waals surface area (Å²) in [6.07, 6.45) is 1.99. The lowest BCUT2D eigenvalue weighted by atomic mass is 10.0. The first-order chi connectivity index (χ1) is 9.54. The Morgan fingerprint density at radius 1 is 1.55 bits per heavy atom. The van der Waals surface area contributed by atoms with E-state index in [4.69, 9.17) is 15.7 Å². The van der Waals surface area contributed by atoms with Crippen LogP contribution in [0.2, 0.25) is 0 Å². The average Bonchev–Trinajstić information content (AvgIpc) is 3.15. The van der Waals surface area contributed by atoms with E-state index in [-0.39, 0.29) is 11.3 Å². The Bertz CT molecular complexity index is 602. The number of nitrogen functional groups attached to an aromatic ring is 1. The van der Waals surface area contributed by atoms with Crippen LogP contribution in [-0.4, -0.2) is 18.6 Å². The normalized spacial score (nSPS) is 22.7. The number of carbonyl (C=O) groups is 1. The van der Waals surface area contributed by atoms with E-state index in [1.807, 2.05) is 6.07 Å². The molecule has 1 fully saturated rings. The van der Waals surface area contributed by atoms with Crippen LogP contribution in [0.15, 0.2) is 18.2 Å². The SMILES string of the molecule is CC1Oc2cc(N)ccc2N(CC2(CC#N)CC2)C1=O. The molecule has 0 radical (unpaired) electrons. The Morgan fingerprint density at radius 2 is 2.30 bits per heavy atom. The number of fused-ring (bicyclic) bond motifs is 1. The van der Waals surface area contributed by atoms with Crippen molar-refractivity contribution < 1.29 is 9.53 Å². The van der Waals surface area contributed by atoms with Gasteiger partial charge in [-0.15, -0.1) is 0 Å². The first-order valence-electron chi connectivity index (χ1n) is 6.79. The second-order valence-electron chi connectivity index (χ2n) is 5.75. The number of rotatable bonds is 3. The summed E-state index contributed by atoms with van der Waals surface area (Å²) < 4.78 is 5.61. The molecule has 1 aliphatic carbocycles. The number of benzene rings is 1. The van der Waals surface area contributed by atoms with Crippen molar-refractivity contribution >= 4 is 17.3 Å². The van der Waals surface area contributed by atoms with Crippen LogP contribution in [0.4, 0.5) is 11.4 Å². The number of anilines is 2. The van der Waals surface area contributed by atoms with Gasteiger partial charge >= 0.3 is 0 Å². The van der Waals surface area contributed by atoms with Crippen LogP contribution in [0.5, 0.6) is 5.75 Å². The number of hydrogen-bond acceptors (Lipinski definition) is 4. The third-order valence-corrected chi connectivity index (χ3v) is 4.10. The predicted octanol–water partition coefficient (Wildman–Crippen LogP) is 2.08. The maximum atomic E-state index is 12.4. The summed E-state index contributed by atoms with van der Waals surface area (Å²) >= 11 is 0. The summed E-state index contributed by atoms with van der Waals surface area (Å²) in [7, 11) is 0. The Morgan fingerprint density at radius 3 is 2.95 bits per heavy atom. The molecule has 3 rings (SSSR count). The van der Waals surface area contributed by atoms with Gasteiger partial charge in [-0.2, -0.15) is 5.26 Å². The van der Waals surface area contributed by atoms with E-state index in [1.54, 1.807) is 24.0 Å². The van der Waals surface area contributed by atoms with Gasteiger partial charge in [-0.3, -0.25) is 4.79 Å². The van der Waals surface area contributed by atoms with Crippen LogP contribution in [0.25, 0.3) is 0 Å². The quantitative estimate of drug-likeness (QED) is 0.853. The van der Waals surface area contributed by atoms with Crippen molar-refractivity contribution in [2.45, 2.75) is 32.3 Å². The molecule has 0 bridgehead atoms. The lowest BCUT2D eigenvalue weighted by Crippen LogP contribution is -2.46. The summed E-state index contributed by atoms with van der Waals surface area (Å²) in [6.45, 7) is 2.33. The van der Waals surface area contributed by atoms with Gasteiger partial charge in [0.1, 0.15) is 5.75 Å². The molecular formula is C15H17N3O2. The van der Waals surface area contributed by atoms with Gasteiger partial charge < -0.3 is 15.4 Å². The van der Waals surface area contributed by atoms with E-state index in [0.29, 0.717) is 24.4 Å². The molecule has 0 aromatic heterocycles. The second kappa shape index (κ2) is 4.41. The van der Waals surface area contributed by atoms with Crippen LogP contribution in [-0.2, 0) is 4.79 Å². The number of ether oxygens (including phenoxy) is 1. The Hall–Kier alpha value is -2.22. The van der Waals surface area contributed by atoms with Gasteiger partial charge in [-0.1, -0.05) is 0 Å².